The Kier molecular flexibility index (Phi) is 2.84. The molecule has 1 amide bonds. The van der Waals surface area contributed by atoms with E-state index in [4.69, 9.17) is 0 Å². The predicted molar refractivity (Wildman–Crippen MR) is 48.2 cm³/mol. The Balaban J connectivity index is 2.44. The fraction of sp³-hybridized carbons (Fsp3) is 0.571. The molecule has 0 aliphatic rings. The summed E-state index contributed by atoms with van der Waals surface area (Å²) in [5, 5.41) is 10.3. The summed E-state index contributed by atoms with van der Waals surface area (Å²) in [7, 11) is 5.19. The van der Waals surface area contributed by atoms with Crippen molar-refractivity contribution in [2.75, 3.05) is 26.0 Å². The highest BCUT2D eigenvalue weighted by Gasteiger charge is 2.04. The maximum Gasteiger partial charge on any atom is 0.241 e. The number of aryl methyl sites for hydroxylation is 1. The largest absolute Gasteiger partial charge is 0.360 e. The van der Waals surface area contributed by atoms with Crippen LogP contribution in [0.3, 0.4) is 0 Å². The van der Waals surface area contributed by atoms with Gasteiger partial charge in [0.15, 0.2) is 0 Å². The number of amides is 1. The van der Waals surface area contributed by atoms with Crippen molar-refractivity contribution < 1.29 is 4.79 Å². The number of likely N-dealkylation sites (N-methyl/N-ethyl adjacent to an activating group) is 1. The minimum absolute atomic E-state index is 0.0150. The fourth-order valence-electron chi connectivity index (χ4n) is 0.774. The zero-order valence-corrected chi connectivity index (χ0v) is 7.98. The Bertz CT molecular complexity index is 293. The van der Waals surface area contributed by atoms with Gasteiger partial charge in [0.2, 0.25) is 5.91 Å². The number of hydrogen-bond acceptors (Lipinski definition) is 4. The SMILES string of the molecule is CN(C)C(=O)CNc1cnnn1C. The molecule has 6 heteroatoms. The lowest BCUT2D eigenvalue weighted by Crippen LogP contribution is -2.29. The van der Waals surface area contributed by atoms with Gasteiger partial charge in [-0.2, -0.15) is 0 Å². The number of carbonyl (C=O) groups excluding carboxylic acids is 1. The topological polar surface area (TPSA) is 63.1 Å². The molecule has 1 heterocycles. The molecule has 0 unspecified atom stereocenters. The monoisotopic (exact) mass is 183 g/mol. The lowest BCUT2D eigenvalue weighted by molar-refractivity contribution is -0.126. The molecule has 0 saturated heterocycles. The molecule has 0 aromatic carbocycles. The van der Waals surface area contributed by atoms with E-state index < -0.39 is 0 Å². The number of anilines is 1. The first-order chi connectivity index (χ1) is 6.11. The smallest absolute Gasteiger partial charge is 0.241 e. The van der Waals surface area contributed by atoms with Crippen LogP contribution in [0.25, 0.3) is 0 Å². The first kappa shape index (κ1) is 9.50. The summed E-state index contributed by atoms with van der Waals surface area (Å²) in [5.41, 5.74) is 0. The first-order valence-electron chi connectivity index (χ1n) is 3.90. The molecule has 0 aliphatic heterocycles. The Morgan fingerprint density at radius 2 is 2.38 bits per heavy atom. The van der Waals surface area contributed by atoms with Crippen molar-refractivity contribution in [1.29, 1.82) is 0 Å². The van der Waals surface area contributed by atoms with Gasteiger partial charge in [0.25, 0.3) is 0 Å². The summed E-state index contributed by atoms with van der Waals surface area (Å²) in [6.45, 7) is 0.258. The van der Waals surface area contributed by atoms with Gasteiger partial charge in [0, 0.05) is 21.1 Å². The molecular weight excluding hydrogens is 170 g/mol. The maximum atomic E-state index is 11.2. The summed E-state index contributed by atoms with van der Waals surface area (Å²) in [4.78, 5) is 12.7. The van der Waals surface area contributed by atoms with E-state index >= 15 is 0 Å². The molecule has 0 fully saturated rings. The summed E-state index contributed by atoms with van der Waals surface area (Å²) < 4.78 is 1.57. The standard InChI is InChI=1S/C7H13N5O/c1-11(2)7(13)5-8-6-4-9-10-12(6)3/h4,8H,5H2,1-3H3. The minimum Gasteiger partial charge on any atom is -0.360 e. The van der Waals surface area contributed by atoms with Crippen molar-refractivity contribution in [2.45, 2.75) is 0 Å². The van der Waals surface area contributed by atoms with Crippen LogP contribution in [0.2, 0.25) is 0 Å². The molecule has 0 aliphatic carbocycles. The van der Waals surface area contributed by atoms with Gasteiger partial charge >= 0.3 is 0 Å². The summed E-state index contributed by atoms with van der Waals surface area (Å²) in [6, 6.07) is 0. The van der Waals surface area contributed by atoms with Crippen LogP contribution in [-0.4, -0.2) is 46.4 Å². The van der Waals surface area contributed by atoms with E-state index in [-0.39, 0.29) is 12.5 Å². The van der Waals surface area contributed by atoms with Crippen LogP contribution in [0.4, 0.5) is 5.82 Å². The van der Waals surface area contributed by atoms with Gasteiger partial charge in [-0.15, -0.1) is 5.10 Å². The van der Waals surface area contributed by atoms with Gasteiger partial charge in [-0.05, 0) is 0 Å². The molecule has 1 N–H and O–H groups in total. The highest BCUT2D eigenvalue weighted by atomic mass is 16.2. The van der Waals surface area contributed by atoms with Crippen molar-refractivity contribution in [2.24, 2.45) is 7.05 Å². The third-order valence-corrected chi connectivity index (χ3v) is 1.63. The molecule has 1 aromatic heterocycles. The summed E-state index contributed by atoms with van der Waals surface area (Å²) in [6.07, 6.45) is 1.57. The zero-order valence-electron chi connectivity index (χ0n) is 7.98. The van der Waals surface area contributed by atoms with Gasteiger partial charge in [-0.25, -0.2) is 4.68 Å². The summed E-state index contributed by atoms with van der Waals surface area (Å²) >= 11 is 0. The number of aromatic nitrogens is 3. The second kappa shape index (κ2) is 3.88. The normalized spacial score (nSPS) is 9.77. The Morgan fingerprint density at radius 3 is 2.85 bits per heavy atom. The van der Waals surface area contributed by atoms with Crippen LogP contribution in [0, 0.1) is 0 Å². The molecule has 0 atom stereocenters. The van der Waals surface area contributed by atoms with Gasteiger partial charge in [0.05, 0.1) is 12.7 Å². The predicted octanol–water partition coefficient (Wildman–Crippen LogP) is -0.685. The van der Waals surface area contributed by atoms with E-state index in [2.05, 4.69) is 15.6 Å². The number of hydrogen-bond donors (Lipinski definition) is 1. The van der Waals surface area contributed by atoms with E-state index in [9.17, 15) is 4.79 Å². The van der Waals surface area contributed by atoms with Gasteiger partial charge in [-0.1, -0.05) is 5.21 Å². The highest BCUT2D eigenvalue weighted by molar-refractivity contribution is 5.79. The number of carbonyl (C=O) groups is 1. The molecule has 1 rings (SSSR count). The molecule has 6 nitrogen and oxygen atoms in total. The lowest BCUT2D eigenvalue weighted by Gasteiger charge is -2.10. The van der Waals surface area contributed by atoms with Crippen molar-refractivity contribution in [3.8, 4) is 0 Å². The second-order valence-electron chi connectivity index (χ2n) is 2.88. The molecule has 13 heavy (non-hydrogen) atoms. The average molecular weight is 183 g/mol. The van der Waals surface area contributed by atoms with Crippen molar-refractivity contribution >= 4 is 11.7 Å². The number of nitrogens with zero attached hydrogens (tertiary/aromatic N) is 4. The van der Waals surface area contributed by atoms with E-state index in [1.807, 2.05) is 0 Å². The van der Waals surface area contributed by atoms with E-state index in [0.29, 0.717) is 0 Å². The van der Waals surface area contributed by atoms with Crippen LogP contribution in [0.5, 0.6) is 0 Å². The Hall–Kier alpha value is -1.59. The number of rotatable bonds is 3. The van der Waals surface area contributed by atoms with Crippen LogP contribution >= 0.6 is 0 Å². The van der Waals surface area contributed by atoms with E-state index in [1.54, 1.807) is 32.0 Å². The van der Waals surface area contributed by atoms with Crippen molar-refractivity contribution in [3.63, 3.8) is 0 Å². The molecule has 1 aromatic rings. The van der Waals surface area contributed by atoms with E-state index in [1.165, 1.54) is 4.90 Å². The number of nitrogens with one attached hydrogen (secondary N) is 1. The first-order valence-corrected chi connectivity index (χ1v) is 3.90. The third kappa shape index (κ3) is 2.43. The van der Waals surface area contributed by atoms with Gasteiger partial charge in [-0.3, -0.25) is 4.79 Å². The quantitative estimate of drug-likeness (QED) is 0.674. The molecule has 72 valence electrons. The van der Waals surface area contributed by atoms with Crippen LogP contribution < -0.4 is 5.32 Å². The second-order valence-corrected chi connectivity index (χ2v) is 2.88. The van der Waals surface area contributed by atoms with E-state index in [0.717, 1.165) is 5.82 Å². The molecule has 0 spiro atoms. The Morgan fingerprint density at radius 1 is 1.69 bits per heavy atom. The highest BCUT2D eigenvalue weighted by Crippen LogP contribution is 1.99. The van der Waals surface area contributed by atoms with Crippen LogP contribution in [0.15, 0.2) is 6.20 Å². The maximum absolute atomic E-state index is 11.2. The zero-order chi connectivity index (χ0) is 9.84. The average Bonchev–Trinajstić information content (AvgIpc) is 2.47. The summed E-state index contributed by atoms with van der Waals surface area (Å²) in [5.74, 6) is 0.747. The van der Waals surface area contributed by atoms with Crippen LogP contribution in [0.1, 0.15) is 0 Å². The molecular formula is C7H13N5O. The molecule has 0 saturated carbocycles. The van der Waals surface area contributed by atoms with Crippen molar-refractivity contribution in [1.82, 2.24) is 19.9 Å². The van der Waals surface area contributed by atoms with Crippen molar-refractivity contribution in [3.05, 3.63) is 6.20 Å². The lowest BCUT2D eigenvalue weighted by atomic mass is 10.5. The minimum atomic E-state index is 0.0150. The third-order valence-electron chi connectivity index (χ3n) is 1.63. The Labute approximate surface area is 76.5 Å². The fourth-order valence-corrected chi connectivity index (χ4v) is 0.774. The van der Waals surface area contributed by atoms with Gasteiger partial charge < -0.3 is 10.2 Å². The molecule has 0 bridgehead atoms. The van der Waals surface area contributed by atoms with Gasteiger partial charge in [0.1, 0.15) is 5.82 Å². The molecule has 0 radical (unpaired) electrons. The van der Waals surface area contributed by atoms with Crippen LogP contribution in [-0.2, 0) is 11.8 Å².